The Balaban J connectivity index is 2.31. The lowest BCUT2D eigenvalue weighted by molar-refractivity contribution is 0.0716. The van der Waals surface area contributed by atoms with Gasteiger partial charge in [-0.25, -0.2) is 0 Å². The first kappa shape index (κ1) is 13.3. The van der Waals surface area contributed by atoms with Crippen LogP contribution < -0.4 is 5.32 Å². The molecule has 1 aliphatic heterocycles. The molecule has 100 valence electrons. The summed E-state index contributed by atoms with van der Waals surface area (Å²) in [4.78, 5) is 12.8. The molecule has 1 saturated heterocycles. The third kappa shape index (κ3) is 2.21. The van der Waals surface area contributed by atoms with E-state index in [2.05, 4.69) is 31.2 Å². The van der Waals surface area contributed by atoms with Crippen LogP contribution in [-0.4, -0.2) is 28.7 Å². The van der Waals surface area contributed by atoms with Gasteiger partial charge < -0.3 is 5.32 Å². The van der Waals surface area contributed by atoms with E-state index in [1.54, 1.807) is 6.20 Å². The van der Waals surface area contributed by atoms with Gasteiger partial charge in [0, 0.05) is 24.2 Å². The number of hydrogen-bond acceptors (Lipinski definition) is 3. The van der Waals surface area contributed by atoms with Crippen LogP contribution in [0.3, 0.4) is 0 Å². The highest BCUT2D eigenvalue weighted by Crippen LogP contribution is 2.34. The third-order valence-electron chi connectivity index (χ3n) is 4.02. The molecule has 0 aliphatic carbocycles. The lowest BCUT2D eigenvalue weighted by Crippen LogP contribution is -2.45. The molecule has 0 amide bonds. The van der Waals surface area contributed by atoms with Gasteiger partial charge in [-0.2, -0.15) is 5.10 Å². The molecule has 4 heteroatoms. The van der Waals surface area contributed by atoms with E-state index in [4.69, 9.17) is 0 Å². The van der Waals surface area contributed by atoms with E-state index in [-0.39, 0.29) is 17.2 Å². The van der Waals surface area contributed by atoms with Crippen LogP contribution in [-0.2, 0) is 0 Å². The molecule has 1 N–H and O–H groups in total. The first-order chi connectivity index (χ1) is 8.60. The molecular weight excluding hydrogens is 226 g/mol. The van der Waals surface area contributed by atoms with E-state index in [1.165, 1.54) is 0 Å². The van der Waals surface area contributed by atoms with Crippen LogP contribution in [0.2, 0.25) is 0 Å². The number of piperidine rings is 1. The summed E-state index contributed by atoms with van der Waals surface area (Å²) >= 11 is 0. The summed E-state index contributed by atoms with van der Waals surface area (Å²) in [5.74, 6) is 0.253. The highest BCUT2D eigenvalue weighted by Gasteiger charge is 2.39. The highest BCUT2D eigenvalue weighted by molar-refractivity contribution is 5.99. The number of rotatable bonds is 4. The maximum Gasteiger partial charge on any atom is 0.188 e. The average molecular weight is 249 g/mol. The minimum Gasteiger partial charge on any atom is -0.316 e. The second-order valence-corrected chi connectivity index (χ2v) is 5.50. The molecule has 0 bridgehead atoms. The van der Waals surface area contributed by atoms with Crippen molar-refractivity contribution in [1.29, 1.82) is 0 Å². The van der Waals surface area contributed by atoms with Crippen LogP contribution in [0.5, 0.6) is 0 Å². The van der Waals surface area contributed by atoms with Gasteiger partial charge in [-0.15, -0.1) is 0 Å². The normalized spacial score (nSPS) is 24.4. The maximum absolute atomic E-state index is 12.8. The van der Waals surface area contributed by atoms with Crippen molar-refractivity contribution < 1.29 is 4.79 Å². The van der Waals surface area contributed by atoms with Gasteiger partial charge in [0.1, 0.15) is 5.69 Å². The predicted molar refractivity (Wildman–Crippen MR) is 71.8 cm³/mol. The molecule has 2 heterocycles. The Morgan fingerprint density at radius 1 is 1.61 bits per heavy atom. The van der Waals surface area contributed by atoms with Crippen LogP contribution >= 0.6 is 0 Å². The van der Waals surface area contributed by atoms with Crippen molar-refractivity contribution in [2.45, 2.75) is 46.1 Å². The minimum atomic E-state index is -0.231. The summed E-state index contributed by atoms with van der Waals surface area (Å²) in [7, 11) is 0. The molecule has 0 aromatic carbocycles. The third-order valence-corrected chi connectivity index (χ3v) is 4.02. The van der Waals surface area contributed by atoms with Crippen molar-refractivity contribution in [1.82, 2.24) is 15.1 Å². The number of carbonyl (C=O) groups is 1. The number of Topliss-reactive ketones (excluding diaryl/α,β-unsaturated/α-hetero) is 1. The lowest BCUT2D eigenvalue weighted by Gasteiger charge is -2.35. The molecule has 0 radical (unpaired) electrons. The van der Waals surface area contributed by atoms with Crippen LogP contribution in [0, 0.1) is 5.41 Å². The number of nitrogens with zero attached hydrogens (tertiary/aromatic N) is 2. The molecule has 4 nitrogen and oxygen atoms in total. The lowest BCUT2D eigenvalue weighted by atomic mass is 9.74. The summed E-state index contributed by atoms with van der Waals surface area (Å²) < 4.78 is 1.84. The second kappa shape index (κ2) is 5.22. The topological polar surface area (TPSA) is 46.9 Å². The van der Waals surface area contributed by atoms with Gasteiger partial charge in [0.25, 0.3) is 0 Å². The van der Waals surface area contributed by atoms with Gasteiger partial charge in [0.05, 0.1) is 0 Å². The molecule has 0 spiro atoms. The molecule has 1 aliphatic rings. The number of carbonyl (C=O) groups excluding carboxylic acids is 1. The van der Waals surface area contributed by atoms with Crippen LogP contribution in [0.1, 0.15) is 56.6 Å². The van der Waals surface area contributed by atoms with Crippen molar-refractivity contribution in [2.75, 3.05) is 13.1 Å². The van der Waals surface area contributed by atoms with E-state index < -0.39 is 0 Å². The molecular formula is C14H23N3O. The first-order valence-corrected chi connectivity index (χ1v) is 6.90. The zero-order chi connectivity index (χ0) is 13.2. The van der Waals surface area contributed by atoms with Gasteiger partial charge >= 0.3 is 0 Å². The molecule has 1 unspecified atom stereocenters. The molecule has 1 fully saturated rings. The van der Waals surface area contributed by atoms with Gasteiger partial charge in [-0.05, 0) is 45.7 Å². The van der Waals surface area contributed by atoms with Crippen LogP contribution in [0.15, 0.2) is 12.3 Å². The van der Waals surface area contributed by atoms with E-state index >= 15 is 0 Å². The predicted octanol–water partition coefficient (Wildman–Crippen LogP) is 2.43. The van der Waals surface area contributed by atoms with Gasteiger partial charge in [-0.1, -0.05) is 6.92 Å². The van der Waals surface area contributed by atoms with Gasteiger partial charge in [0.15, 0.2) is 5.78 Å². The Kier molecular flexibility index (Phi) is 3.85. The summed E-state index contributed by atoms with van der Waals surface area (Å²) in [6, 6.07) is 2.08. The fraction of sp³-hybridized carbons (Fsp3) is 0.714. The number of ketones is 1. The zero-order valence-electron chi connectivity index (χ0n) is 11.6. The molecule has 1 aromatic heterocycles. The Hall–Kier alpha value is -1.16. The Morgan fingerprint density at radius 3 is 2.94 bits per heavy atom. The summed E-state index contributed by atoms with van der Waals surface area (Å²) in [5.41, 5.74) is 0.529. The van der Waals surface area contributed by atoms with Crippen molar-refractivity contribution in [3.63, 3.8) is 0 Å². The first-order valence-electron chi connectivity index (χ1n) is 6.90. The van der Waals surface area contributed by atoms with Gasteiger partial charge in [-0.3, -0.25) is 9.48 Å². The standard InChI is InChI=1S/C14H23N3O/c1-4-14(7-5-8-15-10-14)13(18)12-6-9-16-17(12)11(2)3/h6,9,11,15H,4-5,7-8,10H2,1-3H3. The number of hydrogen-bond donors (Lipinski definition) is 1. The van der Waals surface area contributed by atoms with E-state index in [1.807, 2.05) is 10.7 Å². The van der Waals surface area contributed by atoms with Gasteiger partial charge in [0.2, 0.25) is 0 Å². The highest BCUT2D eigenvalue weighted by atomic mass is 16.1. The van der Waals surface area contributed by atoms with Crippen molar-refractivity contribution in [3.05, 3.63) is 18.0 Å². The quantitative estimate of drug-likeness (QED) is 0.834. The molecule has 1 atom stereocenters. The van der Waals surface area contributed by atoms with E-state index in [0.717, 1.165) is 38.0 Å². The largest absolute Gasteiger partial charge is 0.316 e. The Labute approximate surface area is 109 Å². The number of aromatic nitrogens is 2. The van der Waals surface area contributed by atoms with Crippen molar-refractivity contribution in [3.8, 4) is 0 Å². The van der Waals surface area contributed by atoms with E-state index in [9.17, 15) is 4.79 Å². The van der Waals surface area contributed by atoms with Crippen molar-refractivity contribution >= 4 is 5.78 Å². The fourth-order valence-corrected chi connectivity index (χ4v) is 2.80. The van der Waals surface area contributed by atoms with Crippen LogP contribution in [0.25, 0.3) is 0 Å². The summed E-state index contributed by atoms with van der Waals surface area (Å²) in [6.45, 7) is 8.05. The van der Waals surface area contributed by atoms with E-state index in [0.29, 0.717) is 0 Å². The fourth-order valence-electron chi connectivity index (χ4n) is 2.80. The minimum absolute atomic E-state index is 0.226. The van der Waals surface area contributed by atoms with Crippen LogP contribution in [0.4, 0.5) is 0 Å². The monoisotopic (exact) mass is 249 g/mol. The SMILES string of the molecule is CCC1(C(=O)c2ccnn2C(C)C)CCCNC1. The Morgan fingerprint density at radius 2 is 2.39 bits per heavy atom. The smallest absolute Gasteiger partial charge is 0.188 e. The van der Waals surface area contributed by atoms with Crippen molar-refractivity contribution in [2.24, 2.45) is 5.41 Å². The average Bonchev–Trinajstić information content (AvgIpc) is 2.88. The molecule has 0 saturated carbocycles. The zero-order valence-corrected chi connectivity index (χ0v) is 11.6. The molecule has 1 aromatic rings. The maximum atomic E-state index is 12.8. The molecule has 18 heavy (non-hydrogen) atoms. The number of nitrogens with one attached hydrogen (secondary N) is 1. The second-order valence-electron chi connectivity index (χ2n) is 5.50. The summed E-state index contributed by atoms with van der Waals surface area (Å²) in [6.07, 6.45) is 4.68. The Bertz CT molecular complexity index is 416. The summed E-state index contributed by atoms with van der Waals surface area (Å²) in [5, 5.41) is 7.64. The molecule has 2 rings (SSSR count).